The molecule has 0 heterocycles. The topological polar surface area (TPSA) is 0 Å². The molecule has 2 aromatic carbocycles. The van der Waals surface area contributed by atoms with Crippen molar-refractivity contribution in [3.8, 4) is 11.1 Å². The molecule has 2 aromatic rings. The van der Waals surface area contributed by atoms with Gasteiger partial charge in [-0.05, 0) is 82.9 Å². The molecule has 2 aliphatic rings. The van der Waals surface area contributed by atoms with Gasteiger partial charge in [0.2, 0.25) is 0 Å². The van der Waals surface area contributed by atoms with E-state index < -0.39 is 0 Å². The summed E-state index contributed by atoms with van der Waals surface area (Å²) < 4.78 is 0. The number of hydrogen-bond acceptors (Lipinski definition) is 0. The molecule has 0 aromatic heterocycles. The highest BCUT2D eigenvalue weighted by atomic mass is 14.4. The molecule has 27 heavy (non-hydrogen) atoms. The molecule has 2 atom stereocenters. The maximum Gasteiger partial charge on any atom is 0.00806 e. The van der Waals surface area contributed by atoms with Gasteiger partial charge < -0.3 is 0 Å². The van der Waals surface area contributed by atoms with Crippen LogP contribution in [0, 0.1) is 12.8 Å². The van der Waals surface area contributed by atoms with Crippen LogP contribution in [0.2, 0.25) is 0 Å². The molecule has 0 saturated heterocycles. The minimum atomic E-state index is 0.199. The van der Waals surface area contributed by atoms with E-state index in [1.165, 1.54) is 47.1 Å². The summed E-state index contributed by atoms with van der Waals surface area (Å²) in [5.74, 6) is 1.13. The lowest BCUT2D eigenvalue weighted by molar-refractivity contribution is 0.517. The predicted molar refractivity (Wildman–Crippen MR) is 118 cm³/mol. The Balaban J connectivity index is 1.89. The maximum atomic E-state index is 4.20. The summed E-state index contributed by atoms with van der Waals surface area (Å²) in [5, 5.41) is 0. The first-order valence-electron chi connectivity index (χ1n) is 10.6. The molecule has 0 heteroatoms. The molecule has 2 unspecified atom stereocenters. The molecular formula is C27H33. The molecule has 0 aliphatic heterocycles. The Morgan fingerprint density at radius 1 is 1.11 bits per heavy atom. The number of rotatable bonds is 3. The Labute approximate surface area is 165 Å². The average molecular weight is 358 g/mol. The van der Waals surface area contributed by atoms with Gasteiger partial charge in [0.05, 0.1) is 0 Å². The van der Waals surface area contributed by atoms with Crippen LogP contribution in [-0.4, -0.2) is 0 Å². The van der Waals surface area contributed by atoms with Crippen molar-refractivity contribution in [2.24, 2.45) is 5.92 Å². The summed E-state index contributed by atoms with van der Waals surface area (Å²) in [6.45, 7) is 15.7. The monoisotopic (exact) mass is 357 g/mol. The summed E-state index contributed by atoms with van der Waals surface area (Å²) in [4.78, 5) is 0. The van der Waals surface area contributed by atoms with Gasteiger partial charge in [0.25, 0.3) is 0 Å². The minimum absolute atomic E-state index is 0.199. The fourth-order valence-corrected chi connectivity index (χ4v) is 5.15. The second-order valence-corrected chi connectivity index (χ2v) is 9.71. The Kier molecular flexibility index (Phi) is 4.57. The average Bonchev–Trinajstić information content (AvgIpc) is 3.21. The molecule has 0 amide bonds. The van der Waals surface area contributed by atoms with Crippen LogP contribution in [0.1, 0.15) is 81.2 Å². The zero-order chi connectivity index (χ0) is 19.3. The number of aryl methyl sites for hydroxylation is 1. The third kappa shape index (κ3) is 3.08. The predicted octanol–water partition coefficient (Wildman–Crippen LogP) is 7.50. The smallest absolute Gasteiger partial charge is 0.00806 e. The van der Waals surface area contributed by atoms with E-state index in [4.69, 9.17) is 0 Å². The Bertz CT molecular complexity index is 887. The van der Waals surface area contributed by atoms with E-state index in [9.17, 15) is 0 Å². The number of allylic oxidation sites excluding steroid dienone is 1. The lowest BCUT2D eigenvalue weighted by Gasteiger charge is -2.24. The highest BCUT2D eigenvalue weighted by molar-refractivity contribution is 5.85. The molecule has 0 fully saturated rings. The molecular weight excluding hydrogens is 324 g/mol. The van der Waals surface area contributed by atoms with Gasteiger partial charge in [0, 0.05) is 5.92 Å². The van der Waals surface area contributed by atoms with Crippen molar-refractivity contribution >= 4 is 6.08 Å². The summed E-state index contributed by atoms with van der Waals surface area (Å²) in [5.41, 5.74) is 12.3. The summed E-state index contributed by atoms with van der Waals surface area (Å²) in [6, 6.07) is 11.9. The molecule has 1 radical (unpaired) electrons. The first-order chi connectivity index (χ1) is 12.8. The van der Waals surface area contributed by atoms with Crippen LogP contribution in [0.25, 0.3) is 17.2 Å². The van der Waals surface area contributed by atoms with E-state index in [0.717, 1.165) is 6.42 Å². The van der Waals surface area contributed by atoms with Crippen molar-refractivity contribution in [3.05, 3.63) is 70.6 Å². The van der Waals surface area contributed by atoms with Crippen LogP contribution in [0.4, 0.5) is 0 Å². The van der Waals surface area contributed by atoms with Crippen molar-refractivity contribution in [2.45, 2.75) is 71.6 Å². The molecule has 2 aliphatic carbocycles. The second-order valence-electron chi connectivity index (χ2n) is 9.71. The summed E-state index contributed by atoms with van der Waals surface area (Å²) >= 11 is 0. The zero-order valence-corrected chi connectivity index (χ0v) is 17.7. The lowest BCUT2D eigenvalue weighted by Crippen LogP contribution is -2.11. The Morgan fingerprint density at radius 2 is 1.81 bits per heavy atom. The van der Waals surface area contributed by atoms with Gasteiger partial charge in [-0.25, -0.2) is 0 Å². The van der Waals surface area contributed by atoms with Gasteiger partial charge in [-0.15, -0.1) is 0 Å². The van der Waals surface area contributed by atoms with E-state index in [-0.39, 0.29) is 5.41 Å². The molecule has 0 N–H and O–H groups in total. The summed E-state index contributed by atoms with van der Waals surface area (Å²) in [7, 11) is 0. The van der Waals surface area contributed by atoms with Crippen LogP contribution >= 0.6 is 0 Å². The minimum Gasteiger partial charge on any atom is -0.0649 e. The SMILES string of the molecule is [CH2]CC(C)C1C(C)=Cc2c1cc1c(c2-c2ccc(C(C)(C)C)cc2)CCC1. The highest BCUT2D eigenvalue weighted by Gasteiger charge is 2.32. The van der Waals surface area contributed by atoms with Crippen molar-refractivity contribution < 1.29 is 0 Å². The second kappa shape index (κ2) is 6.66. The standard InChI is InChI=1S/C27H33/c1-7-17(2)25-18(3)15-23-24(25)16-20-9-8-10-22(20)26(23)19-11-13-21(14-12-19)27(4,5)6/h11-17,25H,1,7-10H2,2-6H3. The van der Waals surface area contributed by atoms with Gasteiger partial charge in [0.15, 0.2) is 0 Å². The van der Waals surface area contributed by atoms with E-state index in [1.807, 2.05) is 0 Å². The highest BCUT2D eigenvalue weighted by Crippen LogP contribution is 2.49. The molecule has 0 saturated carbocycles. The van der Waals surface area contributed by atoms with Crippen molar-refractivity contribution in [3.63, 3.8) is 0 Å². The largest absolute Gasteiger partial charge is 0.0649 e. The van der Waals surface area contributed by atoms with Gasteiger partial charge in [-0.1, -0.05) is 76.6 Å². The number of benzene rings is 2. The van der Waals surface area contributed by atoms with Gasteiger partial charge in [-0.2, -0.15) is 0 Å². The van der Waals surface area contributed by atoms with Crippen molar-refractivity contribution in [1.29, 1.82) is 0 Å². The Hall–Kier alpha value is -1.82. The Morgan fingerprint density at radius 3 is 2.44 bits per heavy atom. The fraction of sp³-hybridized carbons (Fsp3) is 0.444. The molecule has 0 nitrogen and oxygen atoms in total. The number of fused-ring (bicyclic) bond motifs is 2. The molecule has 141 valence electrons. The van der Waals surface area contributed by atoms with Gasteiger partial charge in [0.1, 0.15) is 0 Å². The van der Waals surface area contributed by atoms with Crippen LogP contribution in [0.5, 0.6) is 0 Å². The molecule has 0 spiro atoms. The van der Waals surface area contributed by atoms with Crippen LogP contribution in [-0.2, 0) is 18.3 Å². The third-order valence-corrected chi connectivity index (χ3v) is 6.73. The van der Waals surface area contributed by atoms with E-state index in [1.54, 1.807) is 16.7 Å². The third-order valence-electron chi connectivity index (χ3n) is 6.73. The first-order valence-corrected chi connectivity index (χ1v) is 10.6. The zero-order valence-electron chi connectivity index (χ0n) is 17.7. The van der Waals surface area contributed by atoms with Crippen LogP contribution in [0.3, 0.4) is 0 Å². The van der Waals surface area contributed by atoms with Crippen LogP contribution < -0.4 is 0 Å². The first kappa shape index (κ1) is 18.5. The normalized spacial score (nSPS) is 19.6. The van der Waals surface area contributed by atoms with Crippen LogP contribution in [0.15, 0.2) is 35.9 Å². The summed E-state index contributed by atoms with van der Waals surface area (Å²) in [6.07, 6.45) is 7.21. The van der Waals surface area contributed by atoms with Gasteiger partial charge >= 0.3 is 0 Å². The lowest BCUT2D eigenvalue weighted by atomic mass is 9.80. The molecule has 0 bridgehead atoms. The van der Waals surface area contributed by atoms with E-state index in [2.05, 4.69) is 78.0 Å². The van der Waals surface area contributed by atoms with Gasteiger partial charge in [-0.3, -0.25) is 0 Å². The van der Waals surface area contributed by atoms with E-state index in [0.29, 0.717) is 11.8 Å². The number of hydrogen-bond donors (Lipinski definition) is 0. The van der Waals surface area contributed by atoms with Crippen molar-refractivity contribution in [1.82, 2.24) is 0 Å². The van der Waals surface area contributed by atoms with Crippen molar-refractivity contribution in [2.75, 3.05) is 0 Å². The van der Waals surface area contributed by atoms with E-state index >= 15 is 0 Å². The maximum absolute atomic E-state index is 4.20. The molecule has 4 rings (SSSR count). The fourth-order valence-electron chi connectivity index (χ4n) is 5.15. The quantitative estimate of drug-likeness (QED) is 0.533.